The highest BCUT2D eigenvalue weighted by Gasteiger charge is 2.27. The third-order valence-corrected chi connectivity index (χ3v) is 3.76. The van der Waals surface area contributed by atoms with E-state index in [-0.39, 0.29) is 5.75 Å². The second-order valence-electron chi connectivity index (χ2n) is 3.87. The second kappa shape index (κ2) is 6.42. The molecule has 0 aromatic rings. The first-order chi connectivity index (χ1) is 7.14. The number of nitrogens with one attached hydrogen (secondary N) is 1. The SMILES string of the molecule is NCCOCCCNS(=O)(=O)CC1CC1. The summed E-state index contributed by atoms with van der Waals surface area (Å²) < 4.78 is 30.5. The second-order valence-corrected chi connectivity index (χ2v) is 5.73. The minimum atomic E-state index is -3.04. The number of hydrogen-bond acceptors (Lipinski definition) is 4. The fraction of sp³-hybridized carbons (Fsp3) is 1.00. The van der Waals surface area contributed by atoms with Crippen molar-refractivity contribution in [3.05, 3.63) is 0 Å². The molecule has 0 amide bonds. The van der Waals surface area contributed by atoms with Crippen LogP contribution in [0.4, 0.5) is 0 Å². The van der Waals surface area contributed by atoms with Gasteiger partial charge in [0.25, 0.3) is 0 Å². The molecule has 90 valence electrons. The maximum atomic E-state index is 11.4. The van der Waals surface area contributed by atoms with Crippen LogP contribution in [0.3, 0.4) is 0 Å². The van der Waals surface area contributed by atoms with E-state index in [1.807, 2.05) is 0 Å². The van der Waals surface area contributed by atoms with E-state index in [4.69, 9.17) is 10.5 Å². The van der Waals surface area contributed by atoms with E-state index in [2.05, 4.69) is 4.72 Å². The van der Waals surface area contributed by atoms with Crippen LogP contribution in [0.2, 0.25) is 0 Å². The molecule has 0 spiro atoms. The van der Waals surface area contributed by atoms with Crippen LogP contribution in [0.25, 0.3) is 0 Å². The molecule has 1 fully saturated rings. The zero-order valence-corrected chi connectivity index (χ0v) is 9.76. The molecule has 1 rings (SSSR count). The number of nitrogens with two attached hydrogens (primary N) is 1. The zero-order valence-electron chi connectivity index (χ0n) is 8.94. The maximum Gasteiger partial charge on any atom is 0.211 e. The molecule has 0 aliphatic heterocycles. The van der Waals surface area contributed by atoms with Crippen molar-refractivity contribution in [2.75, 3.05) is 32.1 Å². The van der Waals surface area contributed by atoms with Crippen molar-refractivity contribution in [1.82, 2.24) is 4.72 Å². The highest BCUT2D eigenvalue weighted by Crippen LogP contribution is 2.29. The topological polar surface area (TPSA) is 81.4 Å². The van der Waals surface area contributed by atoms with Gasteiger partial charge in [0.2, 0.25) is 10.0 Å². The van der Waals surface area contributed by atoms with Crippen molar-refractivity contribution in [2.45, 2.75) is 19.3 Å². The van der Waals surface area contributed by atoms with Gasteiger partial charge in [-0.25, -0.2) is 13.1 Å². The summed E-state index contributed by atoms with van der Waals surface area (Å²) in [6.07, 6.45) is 2.81. The summed E-state index contributed by atoms with van der Waals surface area (Å²) in [7, 11) is -3.04. The van der Waals surface area contributed by atoms with Gasteiger partial charge in [0, 0.05) is 19.7 Å². The molecule has 0 heterocycles. The van der Waals surface area contributed by atoms with E-state index in [1.165, 1.54) is 0 Å². The predicted octanol–water partition coefficient (Wildman–Crippen LogP) is -0.319. The molecule has 0 atom stereocenters. The van der Waals surface area contributed by atoms with Crippen LogP contribution in [-0.2, 0) is 14.8 Å². The Morgan fingerprint density at radius 1 is 1.33 bits per heavy atom. The molecule has 1 saturated carbocycles. The summed E-state index contributed by atoms with van der Waals surface area (Å²) in [5.74, 6) is 0.687. The van der Waals surface area contributed by atoms with Crippen LogP contribution in [0, 0.1) is 5.92 Å². The summed E-state index contributed by atoms with van der Waals surface area (Å²) in [5, 5.41) is 0. The van der Waals surface area contributed by atoms with Crippen LogP contribution < -0.4 is 10.5 Å². The molecule has 15 heavy (non-hydrogen) atoms. The molecular formula is C9H20N2O3S. The molecule has 5 nitrogen and oxygen atoms in total. The third-order valence-electron chi connectivity index (χ3n) is 2.20. The van der Waals surface area contributed by atoms with Gasteiger partial charge in [0.15, 0.2) is 0 Å². The van der Waals surface area contributed by atoms with Crippen molar-refractivity contribution < 1.29 is 13.2 Å². The molecule has 0 bridgehead atoms. The average Bonchev–Trinajstić information content (AvgIpc) is 2.94. The fourth-order valence-electron chi connectivity index (χ4n) is 1.24. The van der Waals surface area contributed by atoms with Crippen molar-refractivity contribution in [3.8, 4) is 0 Å². The van der Waals surface area contributed by atoms with E-state index < -0.39 is 10.0 Å². The Labute approximate surface area is 91.4 Å². The molecule has 0 radical (unpaired) electrons. The van der Waals surface area contributed by atoms with Gasteiger partial charge in [-0.2, -0.15) is 0 Å². The van der Waals surface area contributed by atoms with Crippen LogP contribution >= 0.6 is 0 Å². The number of hydrogen-bond donors (Lipinski definition) is 2. The first-order valence-electron chi connectivity index (χ1n) is 5.39. The van der Waals surface area contributed by atoms with Gasteiger partial charge in [-0.3, -0.25) is 0 Å². The van der Waals surface area contributed by atoms with Gasteiger partial charge < -0.3 is 10.5 Å². The normalized spacial score (nSPS) is 16.9. The van der Waals surface area contributed by atoms with Gasteiger partial charge in [0.1, 0.15) is 0 Å². The fourth-order valence-corrected chi connectivity index (χ4v) is 2.77. The standard InChI is InChI=1S/C9H20N2O3S/c10-4-7-14-6-1-5-11-15(12,13)8-9-2-3-9/h9,11H,1-8,10H2. The van der Waals surface area contributed by atoms with Crippen molar-refractivity contribution >= 4 is 10.0 Å². The van der Waals surface area contributed by atoms with Crippen LogP contribution in [0.15, 0.2) is 0 Å². The Balaban J connectivity index is 1.98. The van der Waals surface area contributed by atoms with Crippen LogP contribution in [-0.4, -0.2) is 40.5 Å². The van der Waals surface area contributed by atoms with E-state index in [1.54, 1.807) is 0 Å². The van der Waals surface area contributed by atoms with Crippen LogP contribution in [0.1, 0.15) is 19.3 Å². The highest BCUT2D eigenvalue weighted by molar-refractivity contribution is 7.89. The summed E-state index contributed by atoms with van der Waals surface area (Å²) in [4.78, 5) is 0. The summed E-state index contributed by atoms with van der Waals surface area (Å²) in [5.41, 5.74) is 5.24. The maximum absolute atomic E-state index is 11.4. The third kappa shape index (κ3) is 6.83. The van der Waals surface area contributed by atoms with Gasteiger partial charge in [-0.15, -0.1) is 0 Å². The first-order valence-corrected chi connectivity index (χ1v) is 7.04. The van der Waals surface area contributed by atoms with E-state index >= 15 is 0 Å². The lowest BCUT2D eigenvalue weighted by Crippen LogP contribution is -2.28. The quantitative estimate of drug-likeness (QED) is 0.538. The summed E-state index contributed by atoms with van der Waals surface area (Å²) in [6, 6.07) is 0. The Bertz CT molecular complexity index is 263. The minimum absolute atomic E-state index is 0.288. The minimum Gasteiger partial charge on any atom is -0.380 e. The molecule has 0 saturated heterocycles. The smallest absolute Gasteiger partial charge is 0.211 e. The predicted molar refractivity (Wildman–Crippen MR) is 59.0 cm³/mol. The molecule has 0 unspecified atom stereocenters. The molecule has 0 aromatic carbocycles. The summed E-state index contributed by atoms with van der Waals surface area (Å²) >= 11 is 0. The van der Waals surface area contributed by atoms with Gasteiger partial charge >= 0.3 is 0 Å². The number of sulfonamides is 1. The van der Waals surface area contributed by atoms with Gasteiger partial charge in [-0.1, -0.05) is 0 Å². The van der Waals surface area contributed by atoms with Crippen molar-refractivity contribution in [3.63, 3.8) is 0 Å². The lowest BCUT2D eigenvalue weighted by Gasteiger charge is -2.06. The van der Waals surface area contributed by atoms with Crippen molar-refractivity contribution in [1.29, 1.82) is 0 Å². The lowest BCUT2D eigenvalue weighted by atomic mass is 10.5. The molecular weight excluding hydrogens is 216 g/mol. The Morgan fingerprint density at radius 3 is 2.67 bits per heavy atom. The largest absolute Gasteiger partial charge is 0.380 e. The lowest BCUT2D eigenvalue weighted by molar-refractivity contribution is 0.140. The Hall–Kier alpha value is -0.170. The summed E-state index contributed by atoms with van der Waals surface area (Å²) in [6.45, 7) is 2.06. The van der Waals surface area contributed by atoms with Crippen LogP contribution in [0.5, 0.6) is 0 Å². The Kier molecular flexibility index (Phi) is 5.52. The van der Waals surface area contributed by atoms with E-state index in [0.717, 1.165) is 12.8 Å². The van der Waals surface area contributed by atoms with Gasteiger partial charge in [-0.05, 0) is 25.2 Å². The van der Waals surface area contributed by atoms with Gasteiger partial charge in [0.05, 0.1) is 12.4 Å². The van der Waals surface area contributed by atoms with Crippen molar-refractivity contribution in [2.24, 2.45) is 11.7 Å². The molecule has 1 aliphatic carbocycles. The number of ether oxygens (including phenoxy) is 1. The highest BCUT2D eigenvalue weighted by atomic mass is 32.2. The molecule has 0 aromatic heterocycles. The zero-order chi connectivity index (χ0) is 11.1. The molecule has 6 heteroatoms. The number of rotatable bonds is 9. The van der Waals surface area contributed by atoms with E-state index in [0.29, 0.717) is 38.6 Å². The van der Waals surface area contributed by atoms with E-state index in [9.17, 15) is 8.42 Å². The average molecular weight is 236 g/mol. The molecule has 3 N–H and O–H groups in total. The monoisotopic (exact) mass is 236 g/mol. The first kappa shape index (κ1) is 12.9. The molecule has 1 aliphatic rings. The Morgan fingerprint density at radius 2 is 2.07 bits per heavy atom.